The summed E-state index contributed by atoms with van der Waals surface area (Å²) in [5, 5.41) is 0. The van der Waals surface area contributed by atoms with Gasteiger partial charge in [0.25, 0.3) is 0 Å². The Kier molecular flexibility index (Phi) is 13.3. The van der Waals surface area contributed by atoms with Crippen molar-refractivity contribution in [1.29, 1.82) is 0 Å². The van der Waals surface area contributed by atoms with Crippen molar-refractivity contribution in [2.24, 2.45) is 35.5 Å². The molecule has 4 aliphatic carbocycles. The average Bonchev–Trinajstić information content (AvgIpc) is 3.41. The summed E-state index contributed by atoms with van der Waals surface area (Å²) < 4.78 is 0. The van der Waals surface area contributed by atoms with E-state index in [9.17, 15) is 0 Å². The van der Waals surface area contributed by atoms with Gasteiger partial charge in [0.15, 0.2) is 0 Å². The molecular weight excluding hydrogens is 576 g/mol. The Morgan fingerprint density at radius 3 is 1.27 bits per heavy atom. The van der Waals surface area contributed by atoms with Crippen LogP contribution in [0, 0.1) is 65.2 Å². The fourth-order valence-electron chi connectivity index (χ4n) is 9.23. The fraction of sp³-hybridized carbons (Fsp3) is 0.368. The van der Waals surface area contributed by atoms with Crippen LogP contribution < -0.4 is 0 Å². The summed E-state index contributed by atoms with van der Waals surface area (Å²) in [6.45, 7) is 10.7. The molecule has 0 aliphatic heterocycles. The normalized spacial score (nSPS) is 31.4. The summed E-state index contributed by atoms with van der Waals surface area (Å²) in [5.41, 5.74) is 7.73. The quantitative estimate of drug-likeness (QED) is 0.234. The molecule has 0 radical (unpaired) electrons. The molecule has 40 heavy (non-hydrogen) atoms. The summed E-state index contributed by atoms with van der Waals surface area (Å²) >= 11 is 0. The summed E-state index contributed by atoms with van der Waals surface area (Å²) in [5.74, 6) is 4.37. The van der Waals surface area contributed by atoms with E-state index in [4.69, 9.17) is 0 Å². The van der Waals surface area contributed by atoms with Crippen LogP contribution in [0.25, 0.3) is 11.1 Å². The summed E-state index contributed by atoms with van der Waals surface area (Å²) in [6.07, 6.45) is 17.5. The minimum absolute atomic E-state index is 0. The topological polar surface area (TPSA) is 0 Å². The zero-order chi connectivity index (χ0) is 24.2. The largest absolute Gasteiger partial charge is 4.00 e. The first-order valence-corrected chi connectivity index (χ1v) is 17.0. The smallest absolute Gasteiger partial charge is 0.358 e. The predicted octanol–water partition coefficient (Wildman–Crippen LogP) is 11.1. The van der Waals surface area contributed by atoms with E-state index in [0.29, 0.717) is 23.7 Å². The van der Waals surface area contributed by atoms with Gasteiger partial charge in [-0.25, -0.2) is 0 Å². The van der Waals surface area contributed by atoms with Crippen molar-refractivity contribution in [3.63, 3.8) is 0 Å². The van der Waals surface area contributed by atoms with Gasteiger partial charge < -0.3 is 29.7 Å². The molecule has 8 atom stereocenters. The van der Waals surface area contributed by atoms with Crippen molar-refractivity contribution in [1.82, 2.24) is 0 Å². The number of hydrogen-bond donors (Lipinski definition) is 0. The van der Waals surface area contributed by atoms with E-state index in [1.54, 1.807) is 11.1 Å². The van der Waals surface area contributed by atoms with Gasteiger partial charge in [0.1, 0.15) is 0 Å². The van der Waals surface area contributed by atoms with Gasteiger partial charge in [0.2, 0.25) is 0 Å². The van der Waals surface area contributed by atoms with Crippen molar-refractivity contribution >= 4 is 19.2 Å². The molecule has 0 bridgehead atoms. The molecule has 2 aromatic carbocycles. The Hall–Kier alpha value is -1.50. The van der Waals surface area contributed by atoms with Gasteiger partial charge in [0, 0.05) is 0 Å². The molecule has 6 rings (SSSR count). The van der Waals surface area contributed by atoms with E-state index < -0.39 is 8.07 Å². The molecule has 0 amide bonds. The second-order valence-electron chi connectivity index (χ2n) is 12.4. The third-order valence-corrected chi connectivity index (χ3v) is 15.5. The van der Waals surface area contributed by atoms with Crippen molar-refractivity contribution in [2.45, 2.75) is 50.9 Å². The monoisotopic (exact) mass is 626 g/mol. The van der Waals surface area contributed by atoms with E-state index in [1.807, 2.05) is 0 Å². The van der Waals surface area contributed by atoms with E-state index in [0.717, 1.165) is 22.9 Å². The van der Waals surface area contributed by atoms with Crippen LogP contribution >= 0.6 is 0 Å². The molecule has 212 valence electrons. The molecular formula is C38H52SiZr. The molecule has 0 heterocycles. The summed E-state index contributed by atoms with van der Waals surface area (Å²) in [6, 6.07) is 22.3. The predicted molar refractivity (Wildman–Crippen MR) is 179 cm³/mol. The van der Waals surface area contributed by atoms with Crippen LogP contribution in [0.4, 0.5) is 0 Å². The molecule has 0 nitrogen and oxygen atoms in total. The molecule has 2 fully saturated rings. The van der Waals surface area contributed by atoms with Gasteiger partial charge in [0.05, 0.1) is 8.07 Å². The first-order chi connectivity index (χ1) is 17.0. The molecule has 2 saturated carbocycles. The summed E-state index contributed by atoms with van der Waals surface area (Å²) in [4.78, 5) is 0. The van der Waals surface area contributed by atoms with Crippen molar-refractivity contribution in [3.8, 4) is 0 Å². The second-order valence-corrected chi connectivity index (χ2v) is 17.4. The van der Waals surface area contributed by atoms with Gasteiger partial charge in [-0.3, -0.25) is 0 Å². The Labute approximate surface area is 268 Å². The molecule has 2 heteroatoms. The van der Waals surface area contributed by atoms with Crippen LogP contribution in [0.15, 0.2) is 97.1 Å². The Bertz CT molecular complexity index is 1100. The van der Waals surface area contributed by atoms with Gasteiger partial charge in [-0.15, -0.1) is 0 Å². The van der Waals surface area contributed by atoms with Crippen molar-refractivity contribution in [2.75, 3.05) is 0 Å². The number of rotatable bonds is 4. The Morgan fingerprint density at radius 1 is 0.575 bits per heavy atom. The number of benzene rings is 2. The molecule has 0 N–H and O–H groups in total. The molecule has 8 unspecified atom stereocenters. The maximum absolute atomic E-state index is 2.77. The third-order valence-electron chi connectivity index (χ3n) is 10.2. The van der Waals surface area contributed by atoms with E-state index in [2.05, 4.69) is 124 Å². The number of fused-ring (bicyclic) bond motifs is 2. The molecule has 2 aromatic rings. The summed E-state index contributed by atoms with van der Waals surface area (Å²) in [7, 11) is -1.60. The average molecular weight is 628 g/mol. The van der Waals surface area contributed by atoms with Gasteiger partial charge in [-0.1, -0.05) is 124 Å². The Balaban J connectivity index is 0.00000160. The fourth-order valence-corrected chi connectivity index (χ4v) is 15.5. The second kappa shape index (κ2) is 14.6. The van der Waals surface area contributed by atoms with Crippen LogP contribution in [0.3, 0.4) is 0 Å². The minimum atomic E-state index is -1.60. The number of hydrogen-bond acceptors (Lipinski definition) is 0. The minimum Gasteiger partial charge on any atom is -0.358 e. The number of allylic oxidation sites excluding steroid dienone is 8. The SMILES string of the molecule is CC1CC2C(c3ccccc3)=CC=CC2C1[Si](C)(C)C1C(C)CC2C(c3ccccc3)=CC=CC21.[CH3-].[CH3-].[CH3-].[CH3-].[Zr+4]. The maximum atomic E-state index is 2.77. The molecule has 0 spiro atoms. The van der Waals surface area contributed by atoms with Crippen LogP contribution in [-0.4, -0.2) is 8.07 Å². The van der Waals surface area contributed by atoms with E-state index >= 15 is 0 Å². The maximum Gasteiger partial charge on any atom is 4.00 e. The third kappa shape index (κ3) is 6.15. The van der Waals surface area contributed by atoms with E-state index in [-0.39, 0.29) is 55.9 Å². The van der Waals surface area contributed by atoms with Gasteiger partial charge >= 0.3 is 26.2 Å². The van der Waals surface area contributed by atoms with Gasteiger partial charge in [-0.05, 0) is 81.7 Å². The Morgan fingerprint density at radius 2 is 0.925 bits per heavy atom. The standard InChI is InChI=1S/C34H40Si.4CH3.Zr/c1-23-21-31-27(25-13-7-5-8-14-25)17-11-19-29(31)33(23)35(3,4)34-24(2)22-32-28(18-12-20-30(32)34)26-15-9-6-10-16-26;;;;;/h5-20,23-24,29-34H,21-22H2,1-4H3;4*1H3;/q;4*-1;+4. The first kappa shape index (κ1) is 36.5. The molecule has 4 aliphatic rings. The van der Waals surface area contributed by atoms with E-state index in [1.165, 1.54) is 24.0 Å². The van der Waals surface area contributed by atoms with Crippen molar-refractivity contribution in [3.05, 3.63) is 138 Å². The zero-order valence-corrected chi connectivity index (χ0v) is 29.7. The van der Waals surface area contributed by atoms with Crippen molar-refractivity contribution < 1.29 is 26.2 Å². The zero-order valence-electron chi connectivity index (χ0n) is 26.3. The van der Waals surface area contributed by atoms with Gasteiger partial charge in [-0.2, -0.15) is 0 Å². The van der Waals surface area contributed by atoms with Crippen LogP contribution in [0.1, 0.15) is 37.8 Å². The van der Waals surface area contributed by atoms with Crippen LogP contribution in [0.5, 0.6) is 0 Å². The van der Waals surface area contributed by atoms with Crippen LogP contribution in [0.2, 0.25) is 24.2 Å². The molecule has 0 aromatic heterocycles. The van der Waals surface area contributed by atoms with Crippen LogP contribution in [-0.2, 0) is 26.2 Å². The molecule has 0 saturated heterocycles. The first-order valence-electron chi connectivity index (χ1n) is 13.8.